The minimum absolute atomic E-state index is 0.151. The van der Waals surface area contributed by atoms with Gasteiger partial charge in [-0.25, -0.2) is 0 Å². The van der Waals surface area contributed by atoms with Crippen molar-refractivity contribution >= 4 is 0 Å². The monoisotopic (exact) mass is 384 g/mol. The molecule has 0 unspecified atom stereocenters. The second-order valence-electron chi connectivity index (χ2n) is 7.58. The lowest BCUT2D eigenvalue weighted by atomic mass is 10.2. The smallest absolute Gasteiger partial charge is 0.137 e. The quantitative estimate of drug-likeness (QED) is 0.355. The third-order valence-electron chi connectivity index (χ3n) is 4.84. The van der Waals surface area contributed by atoms with Gasteiger partial charge in [0.15, 0.2) is 0 Å². The molecule has 0 aliphatic carbocycles. The number of benzene rings is 1. The Morgan fingerprint density at radius 3 is 1.81 bits per heavy atom. The molecule has 0 aromatic heterocycles. The number of rotatable bonds is 11. The van der Waals surface area contributed by atoms with Crippen LogP contribution in [-0.2, 0) is 4.74 Å². The lowest BCUT2D eigenvalue weighted by Gasteiger charge is -2.31. The number of ether oxygens (including phenoxy) is 3. The highest BCUT2D eigenvalue weighted by atomic mass is 16.5. The zero-order valence-electron chi connectivity index (χ0n) is 16.8. The van der Waals surface area contributed by atoms with Gasteiger partial charge < -0.3 is 34.2 Å². The molecule has 0 radical (unpaired) electrons. The number of hydrogen-bond donors (Lipinski definition) is 4. The van der Waals surface area contributed by atoms with Crippen molar-refractivity contribution in [1.82, 2.24) is 0 Å². The standard InChI is InChI=1S/C20H34N2O5/c1-16(2)26-14-17(23)12-21-8-10-22(11-9-21)13-18(24)15-27-20-6-4-19(25-3)5-7-20/h4-7,16-18,23-24H,8-15H2,1-3H3/p+2/t17-,18+/m0/s1. The maximum absolute atomic E-state index is 10.3. The molecule has 1 fully saturated rings. The van der Waals surface area contributed by atoms with Gasteiger partial charge in [-0.1, -0.05) is 0 Å². The van der Waals surface area contributed by atoms with Gasteiger partial charge in [-0.2, -0.15) is 0 Å². The molecule has 0 amide bonds. The van der Waals surface area contributed by atoms with Crippen LogP contribution < -0.4 is 19.3 Å². The zero-order chi connectivity index (χ0) is 19.6. The van der Waals surface area contributed by atoms with Gasteiger partial charge in [0.05, 0.1) is 19.8 Å². The fourth-order valence-corrected chi connectivity index (χ4v) is 3.32. The molecule has 0 spiro atoms. The average Bonchev–Trinajstić information content (AvgIpc) is 2.66. The summed E-state index contributed by atoms with van der Waals surface area (Å²) in [5, 5.41) is 20.3. The first-order valence-electron chi connectivity index (χ1n) is 9.88. The van der Waals surface area contributed by atoms with Crippen LogP contribution in [0.2, 0.25) is 0 Å². The zero-order valence-corrected chi connectivity index (χ0v) is 16.8. The van der Waals surface area contributed by atoms with E-state index in [9.17, 15) is 10.2 Å². The molecule has 154 valence electrons. The molecule has 4 N–H and O–H groups in total. The van der Waals surface area contributed by atoms with Crippen molar-refractivity contribution in [2.45, 2.75) is 32.2 Å². The number of quaternary nitrogens is 2. The third-order valence-corrected chi connectivity index (χ3v) is 4.84. The largest absolute Gasteiger partial charge is 0.497 e. The van der Waals surface area contributed by atoms with E-state index in [0.717, 1.165) is 44.2 Å². The van der Waals surface area contributed by atoms with Gasteiger partial charge in [0.25, 0.3) is 0 Å². The fraction of sp³-hybridized carbons (Fsp3) is 0.700. The Morgan fingerprint density at radius 2 is 1.33 bits per heavy atom. The molecular weight excluding hydrogens is 348 g/mol. The van der Waals surface area contributed by atoms with E-state index in [0.29, 0.717) is 13.2 Å². The molecule has 27 heavy (non-hydrogen) atoms. The minimum atomic E-state index is -0.492. The Hall–Kier alpha value is -1.38. The lowest BCUT2D eigenvalue weighted by molar-refractivity contribution is -1.01. The van der Waals surface area contributed by atoms with E-state index in [1.165, 1.54) is 9.80 Å². The van der Waals surface area contributed by atoms with Crippen molar-refractivity contribution in [3.63, 3.8) is 0 Å². The summed E-state index contributed by atoms with van der Waals surface area (Å²) in [6.07, 6.45) is -0.751. The molecule has 0 bridgehead atoms. The molecule has 1 aliphatic heterocycles. The van der Waals surface area contributed by atoms with Crippen LogP contribution in [0.15, 0.2) is 24.3 Å². The average molecular weight is 385 g/mol. The summed E-state index contributed by atoms with van der Waals surface area (Å²) in [5.74, 6) is 1.52. The van der Waals surface area contributed by atoms with Crippen LogP contribution in [0.3, 0.4) is 0 Å². The van der Waals surface area contributed by atoms with E-state index in [2.05, 4.69) is 0 Å². The molecule has 2 atom stereocenters. The van der Waals surface area contributed by atoms with Crippen LogP contribution in [0.1, 0.15) is 13.8 Å². The van der Waals surface area contributed by atoms with Crippen LogP contribution in [0.4, 0.5) is 0 Å². The predicted octanol–water partition coefficient (Wildman–Crippen LogP) is -2.00. The Balaban J connectivity index is 1.61. The van der Waals surface area contributed by atoms with Crippen molar-refractivity contribution < 1.29 is 34.2 Å². The highest BCUT2D eigenvalue weighted by Gasteiger charge is 2.26. The van der Waals surface area contributed by atoms with Crippen LogP contribution in [-0.4, -0.2) is 88.1 Å². The number of aliphatic hydroxyl groups excluding tert-OH is 2. The van der Waals surface area contributed by atoms with Gasteiger partial charge in [-0.15, -0.1) is 0 Å². The molecule has 0 saturated carbocycles. The van der Waals surface area contributed by atoms with E-state index in [1.807, 2.05) is 38.1 Å². The molecule has 1 heterocycles. The van der Waals surface area contributed by atoms with Gasteiger partial charge in [0.2, 0.25) is 0 Å². The van der Waals surface area contributed by atoms with E-state index in [1.54, 1.807) is 7.11 Å². The van der Waals surface area contributed by atoms with Gasteiger partial charge >= 0.3 is 0 Å². The Bertz CT molecular complexity index is 518. The molecular formula is C20H36N2O5+2. The summed E-state index contributed by atoms with van der Waals surface area (Å²) in [7, 11) is 1.63. The summed E-state index contributed by atoms with van der Waals surface area (Å²) in [4.78, 5) is 2.79. The van der Waals surface area contributed by atoms with Crippen LogP contribution in [0.5, 0.6) is 11.5 Å². The van der Waals surface area contributed by atoms with Gasteiger partial charge in [0, 0.05) is 0 Å². The first-order chi connectivity index (χ1) is 13.0. The molecule has 1 aliphatic rings. The van der Waals surface area contributed by atoms with Crippen molar-refractivity contribution in [2.75, 3.05) is 59.6 Å². The maximum Gasteiger partial charge on any atom is 0.137 e. The summed E-state index contributed by atoms with van der Waals surface area (Å²) in [6.45, 7) is 10.0. The SMILES string of the molecule is COc1ccc(OC[C@H](O)C[NH+]2CC[NH+](C[C@H](O)COC(C)C)CC2)cc1. The third kappa shape index (κ3) is 8.45. The number of aliphatic hydroxyl groups is 2. The molecule has 1 aromatic rings. The maximum atomic E-state index is 10.3. The first-order valence-corrected chi connectivity index (χ1v) is 9.88. The highest BCUT2D eigenvalue weighted by Crippen LogP contribution is 2.16. The van der Waals surface area contributed by atoms with E-state index in [-0.39, 0.29) is 12.7 Å². The normalized spacial score (nSPS) is 22.4. The lowest BCUT2D eigenvalue weighted by Crippen LogP contribution is -3.29. The van der Waals surface area contributed by atoms with Gasteiger partial charge in [0.1, 0.15) is 69.6 Å². The van der Waals surface area contributed by atoms with Crippen molar-refractivity contribution in [2.24, 2.45) is 0 Å². The topological polar surface area (TPSA) is 77.0 Å². The second kappa shape index (κ2) is 11.5. The van der Waals surface area contributed by atoms with E-state index in [4.69, 9.17) is 14.2 Å². The molecule has 1 aromatic carbocycles. The Kier molecular flexibility index (Phi) is 9.30. The number of nitrogens with one attached hydrogen (secondary N) is 2. The Morgan fingerprint density at radius 1 is 0.852 bits per heavy atom. The summed E-state index contributed by atoms with van der Waals surface area (Å²) in [6, 6.07) is 7.37. The van der Waals surface area contributed by atoms with Gasteiger partial charge in [-0.05, 0) is 38.1 Å². The summed E-state index contributed by atoms with van der Waals surface area (Å²) < 4.78 is 16.2. The fourth-order valence-electron chi connectivity index (χ4n) is 3.32. The molecule has 1 saturated heterocycles. The first kappa shape index (κ1) is 21.9. The van der Waals surface area contributed by atoms with Crippen LogP contribution in [0.25, 0.3) is 0 Å². The van der Waals surface area contributed by atoms with Crippen LogP contribution >= 0.6 is 0 Å². The summed E-state index contributed by atoms with van der Waals surface area (Å²) in [5.41, 5.74) is 0. The van der Waals surface area contributed by atoms with E-state index >= 15 is 0 Å². The van der Waals surface area contributed by atoms with Crippen LogP contribution in [0, 0.1) is 0 Å². The predicted molar refractivity (Wildman–Crippen MR) is 103 cm³/mol. The molecule has 7 nitrogen and oxygen atoms in total. The summed E-state index contributed by atoms with van der Waals surface area (Å²) >= 11 is 0. The Labute approximate surface area is 162 Å². The second-order valence-corrected chi connectivity index (χ2v) is 7.58. The number of piperazine rings is 1. The highest BCUT2D eigenvalue weighted by molar-refractivity contribution is 5.31. The van der Waals surface area contributed by atoms with Crippen molar-refractivity contribution in [1.29, 1.82) is 0 Å². The van der Waals surface area contributed by atoms with Crippen molar-refractivity contribution in [3.8, 4) is 11.5 Å². The van der Waals surface area contributed by atoms with E-state index < -0.39 is 12.2 Å². The number of hydrogen-bond acceptors (Lipinski definition) is 5. The molecule has 2 rings (SSSR count). The van der Waals surface area contributed by atoms with Crippen molar-refractivity contribution in [3.05, 3.63) is 24.3 Å². The minimum Gasteiger partial charge on any atom is -0.497 e. The van der Waals surface area contributed by atoms with Gasteiger partial charge in [-0.3, -0.25) is 0 Å². The molecule has 7 heteroatoms. The number of methoxy groups -OCH3 is 1.